The van der Waals surface area contributed by atoms with Crippen LogP contribution in [0.15, 0.2) is 17.7 Å². The van der Waals surface area contributed by atoms with Crippen LogP contribution >= 0.6 is 0 Å². The molecule has 0 saturated carbocycles. The Morgan fingerprint density at radius 2 is 1.67 bits per heavy atom. The maximum atomic E-state index is 10.7. The first kappa shape index (κ1) is 11.5. The van der Waals surface area contributed by atoms with E-state index in [9.17, 15) is 4.79 Å². The predicted octanol–water partition coefficient (Wildman–Crippen LogP) is 3.10. The second-order valence-corrected chi connectivity index (χ2v) is 3.94. The summed E-state index contributed by atoms with van der Waals surface area (Å²) in [5.74, 6) is -0.866. The summed E-state index contributed by atoms with van der Waals surface area (Å²) < 4.78 is 0. The summed E-state index contributed by atoms with van der Waals surface area (Å²) in [6.07, 6.45) is 1.73. The molecule has 1 rings (SSSR count). The standard InChI is InChI=1S/C13H16O2/c1-8-5-9(2)12(10(3)6-8)7-11(4)13(14)15/h5-7H,1-4H3,(H,14,15). The average Bonchev–Trinajstić information content (AvgIpc) is 2.10. The first-order chi connectivity index (χ1) is 6.91. The summed E-state index contributed by atoms with van der Waals surface area (Å²) in [4.78, 5) is 10.7. The lowest BCUT2D eigenvalue weighted by molar-refractivity contribution is -0.132. The molecule has 80 valence electrons. The third-order valence-corrected chi connectivity index (χ3v) is 2.44. The van der Waals surface area contributed by atoms with E-state index in [4.69, 9.17) is 5.11 Å². The molecular weight excluding hydrogens is 188 g/mol. The Bertz CT molecular complexity index is 405. The minimum absolute atomic E-state index is 0.366. The molecule has 0 aliphatic heterocycles. The Morgan fingerprint density at radius 1 is 1.20 bits per heavy atom. The van der Waals surface area contributed by atoms with Crippen molar-refractivity contribution in [3.05, 3.63) is 40.0 Å². The molecule has 0 aromatic heterocycles. The Balaban J connectivity index is 3.27. The molecule has 0 radical (unpaired) electrons. The van der Waals surface area contributed by atoms with Crippen LogP contribution in [-0.2, 0) is 4.79 Å². The molecule has 1 aromatic rings. The van der Waals surface area contributed by atoms with E-state index in [0.717, 1.165) is 16.7 Å². The maximum Gasteiger partial charge on any atom is 0.331 e. The number of aryl methyl sites for hydroxylation is 3. The van der Waals surface area contributed by atoms with Gasteiger partial charge in [-0.3, -0.25) is 0 Å². The van der Waals surface area contributed by atoms with E-state index in [2.05, 4.69) is 12.1 Å². The summed E-state index contributed by atoms with van der Waals surface area (Å²) in [6, 6.07) is 4.13. The fraction of sp³-hybridized carbons (Fsp3) is 0.308. The molecule has 0 bridgehead atoms. The van der Waals surface area contributed by atoms with Crippen molar-refractivity contribution in [2.24, 2.45) is 0 Å². The van der Waals surface area contributed by atoms with Crippen LogP contribution in [0.1, 0.15) is 29.2 Å². The lowest BCUT2D eigenvalue weighted by atomic mass is 9.98. The van der Waals surface area contributed by atoms with E-state index in [1.807, 2.05) is 20.8 Å². The smallest absolute Gasteiger partial charge is 0.331 e. The Morgan fingerprint density at radius 3 is 2.07 bits per heavy atom. The van der Waals surface area contributed by atoms with Crippen molar-refractivity contribution in [2.45, 2.75) is 27.7 Å². The van der Waals surface area contributed by atoms with Crippen molar-refractivity contribution < 1.29 is 9.90 Å². The van der Waals surface area contributed by atoms with Gasteiger partial charge in [0.2, 0.25) is 0 Å². The van der Waals surface area contributed by atoms with Gasteiger partial charge in [-0.05, 0) is 50.5 Å². The van der Waals surface area contributed by atoms with Gasteiger partial charge in [0.25, 0.3) is 0 Å². The molecule has 0 aliphatic carbocycles. The summed E-state index contributed by atoms with van der Waals surface area (Å²) in [7, 11) is 0. The zero-order valence-corrected chi connectivity index (χ0v) is 9.59. The molecule has 0 spiro atoms. The number of benzene rings is 1. The number of hydrogen-bond donors (Lipinski definition) is 1. The van der Waals surface area contributed by atoms with Gasteiger partial charge in [-0.15, -0.1) is 0 Å². The van der Waals surface area contributed by atoms with Gasteiger partial charge in [-0.25, -0.2) is 4.79 Å². The third kappa shape index (κ3) is 2.69. The molecule has 0 heterocycles. The molecule has 15 heavy (non-hydrogen) atoms. The normalized spacial score (nSPS) is 11.6. The molecular formula is C13H16O2. The largest absolute Gasteiger partial charge is 0.478 e. The number of rotatable bonds is 2. The fourth-order valence-electron chi connectivity index (χ4n) is 1.70. The van der Waals surface area contributed by atoms with Crippen molar-refractivity contribution in [1.29, 1.82) is 0 Å². The second kappa shape index (κ2) is 4.30. The van der Waals surface area contributed by atoms with Crippen LogP contribution < -0.4 is 0 Å². The Labute approximate surface area is 90.3 Å². The molecule has 1 aromatic carbocycles. The molecule has 0 saturated heterocycles. The maximum absolute atomic E-state index is 10.7. The Hall–Kier alpha value is -1.57. The van der Waals surface area contributed by atoms with Gasteiger partial charge < -0.3 is 5.11 Å². The molecule has 0 fully saturated rings. The van der Waals surface area contributed by atoms with Crippen molar-refractivity contribution in [1.82, 2.24) is 0 Å². The molecule has 0 unspecified atom stereocenters. The highest BCUT2D eigenvalue weighted by atomic mass is 16.4. The SMILES string of the molecule is CC(=Cc1c(C)cc(C)cc1C)C(=O)O. The predicted molar refractivity (Wildman–Crippen MR) is 61.9 cm³/mol. The van der Waals surface area contributed by atoms with Crippen LogP contribution in [-0.4, -0.2) is 11.1 Å². The van der Waals surface area contributed by atoms with Crippen LogP contribution in [0.3, 0.4) is 0 Å². The molecule has 0 atom stereocenters. The highest BCUT2D eigenvalue weighted by Gasteiger charge is 2.04. The van der Waals surface area contributed by atoms with Crippen LogP contribution in [0.5, 0.6) is 0 Å². The number of carboxylic acids is 1. The van der Waals surface area contributed by atoms with Gasteiger partial charge in [0.1, 0.15) is 0 Å². The van der Waals surface area contributed by atoms with E-state index in [1.165, 1.54) is 5.56 Å². The average molecular weight is 204 g/mol. The number of carbonyl (C=O) groups is 1. The van der Waals surface area contributed by atoms with Crippen LogP contribution in [0.2, 0.25) is 0 Å². The third-order valence-electron chi connectivity index (χ3n) is 2.44. The quantitative estimate of drug-likeness (QED) is 0.751. The highest BCUT2D eigenvalue weighted by Crippen LogP contribution is 2.19. The van der Waals surface area contributed by atoms with E-state index >= 15 is 0 Å². The highest BCUT2D eigenvalue weighted by molar-refractivity contribution is 5.91. The zero-order chi connectivity index (χ0) is 11.6. The van der Waals surface area contributed by atoms with Gasteiger partial charge in [0.15, 0.2) is 0 Å². The number of aliphatic carboxylic acids is 1. The van der Waals surface area contributed by atoms with Gasteiger partial charge >= 0.3 is 5.97 Å². The van der Waals surface area contributed by atoms with Gasteiger partial charge in [0, 0.05) is 5.57 Å². The molecule has 0 amide bonds. The summed E-state index contributed by atoms with van der Waals surface area (Å²) in [5.41, 5.74) is 4.82. The van der Waals surface area contributed by atoms with Crippen LogP contribution in [0, 0.1) is 20.8 Å². The molecule has 2 nitrogen and oxygen atoms in total. The topological polar surface area (TPSA) is 37.3 Å². The van der Waals surface area contributed by atoms with Gasteiger partial charge in [-0.2, -0.15) is 0 Å². The first-order valence-corrected chi connectivity index (χ1v) is 4.91. The Kier molecular flexibility index (Phi) is 3.30. The number of hydrogen-bond acceptors (Lipinski definition) is 1. The van der Waals surface area contributed by atoms with E-state index in [-0.39, 0.29) is 0 Å². The minimum Gasteiger partial charge on any atom is -0.478 e. The molecule has 0 aliphatic rings. The summed E-state index contributed by atoms with van der Waals surface area (Å²) >= 11 is 0. The van der Waals surface area contributed by atoms with Gasteiger partial charge in [-0.1, -0.05) is 17.7 Å². The van der Waals surface area contributed by atoms with Crippen molar-refractivity contribution in [3.63, 3.8) is 0 Å². The minimum atomic E-state index is -0.866. The van der Waals surface area contributed by atoms with Crippen molar-refractivity contribution in [3.8, 4) is 0 Å². The zero-order valence-electron chi connectivity index (χ0n) is 9.59. The lowest BCUT2D eigenvalue weighted by Gasteiger charge is -2.07. The van der Waals surface area contributed by atoms with E-state index in [0.29, 0.717) is 5.57 Å². The molecule has 1 N–H and O–H groups in total. The van der Waals surface area contributed by atoms with Crippen LogP contribution in [0.25, 0.3) is 6.08 Å². The van der Waals surface area contributed by atoms with Crippen LogP contribution in [0.4, 0.5) is 0 Å². The van der Waals surface area contributed by atoms with Gasteiger partial charge in [0.05, 0.1) is 0 Å². The van der Waals surface area contributed by atoms with E-state index < -0.39 is 5.97 Å². The second-order valence-electron chi connectivity index (χ2n) is 3.94. The summed E-state index contributed by atoms with van der Waals surface area (Å²) in [5, 5.41) is 8.81. The first-order valence-electron chi connectivity index (χ1n) is 4.91. The number of carboxylic acid groups (broad SMARTS) is 1. The van der Waals surface area contributed by atoms with Crippen molar-refractivity contribution in [2.75, 3.05) is 0 Å². The monoisotopic (exact) mass is 204 g/mol. The molecule has 2 heteroatoms. The summed E-state index contributed by atoms with van der Waals surface area (Å²) in [6.45, 7) is 7.65. The van der Waals surface area contributed by atoms with E-state index in [1.54, 1.807) is 13.0 Å². The van der Waals surface area contributed by atoms with Crippen molar-refractivity contribution >= 4 is 12.0 Å². The fourth-order valence-corrected chi connectivity index (χ4v) is 1.70. The lowest BCUT2D eigenvalue weighted by Crippen LogP contribution is -1.97.